The van der Waals surface area contributed by atoms with Crippen LogP contribution in [0, 0.1) is 5.82 Å². The third-order valence-corrected chi connectivity index (χ3v) is 8.69. The lowest BCUT2D eigenvalue weighted by Crippen LogP contribution is -2.54. The molecule has 4 aromatic rings. The lowest BCUT2D eigenvalue weighted by atomic mass is 10.1. The second-order valence-electron chi connectivity index (χ2n) is 11.6. The molecule has 6 rings (SSSR count). The van der Waals surface area contributed by atoms with Crippen molar-refractivity contribution in [2.45, 2.75) is 19.3 Å². The van der Waals surface area contributed by atoms with Crippen LogP contribution in [0.3, 0.4) is 0 Å². The van der Waals surface area contributed by atoms with Gasteiger partial charge in [-0.15, -0.1) is 0 Å². The van der Waals surface area contributed by atoms with Crippen LogP contribution in [0.1, 0.15) is 19.3 Å². The molecule has 2 fully saturated rings. The molecule has 2 saturated heterocycles. The summed E-state index contributed by atoms with van der Waals surface area (Å²) in [5, 5.41) is 5.63. The Morgan fingerprint density at radius 2 is 1.67 bits per heavy atom. The highest BCUT2D eigenvalue weighted by Gasteiger charge is 2.39. The van der Waals surface area contributed by atoms with Crippen molar-refractivity contribution in [3.05, 3.63) is 77.3 Å². The van der Waals surface area contributed by atoms with Crippen LogP contribution >= 0.6 is 11.6 Å². The maximum Gasteiger partial charge on any atom is 0.336 e. The number of pyridine rings is 1. The van der Waals surface area contributed by atoms with Crippen LogP contribution in [0.4, 0.5) is 20.6 Å². The molecular formula is C36H35ClFN5O8. The van der Waals surface area contributed by atoms with E-state index in [9.17, 15) is 14.4 Å². The van der Waals surface area contributed by atoms with E-state index in [1.54, 1.807) is 31.5 Å². The maximum absolute atomic E-state index is 15.4. The van der Waals surface area contributed by atoms with Gasteiger partial charge in [-0.05, 0) is 56.6 Å². The van der Waals surface area contributed by atoms with E-state index in [0.29, 0.717) is 39.7 Å². The number of fused-ring (bicyclic) bond motifs is 1. The SMILES string of the molecule is COc1cc(N2C(=O)NC(=O)/C(=C\Nc3ccc(Oc4ccnc5cc(OCCCN6CCCC6)c(OC)cc45)c(F)c3)C2=O)c(OC)cc1Cl. The number of nitrogens with one attached hydrogen (secondary N) is 2. The lowest BCUT2D eigenvalue weighted by Gasteiger charge is -2.28. The third kappa shape index (κ3) is 7.61. The quantitative estimate of drug-likeness (QED) is 0.0915. The van der Waals surface area contributed by atoms with Crippen LogP contribution in [-0.4, -0.2) is 75.3 Å². The molecule has 0 bridgehead atoms. The molecule has 0 radical (unpaired) electrons. The number of anilines is 2. The molecule has 266 valence electrons. The van der Waals surface area contributed by atoms with Gasteiger partial charge in [0.15, 0.2) is 23.1 Å². The minimum Gasteiger partial charge on any atom is -0.495 e. The summed E-state index contributed by atoms with van der Waals surface area (Å²) >= 11 is 6.17. The van der Waals surface area contributed by atoms with Crippen molar-refractivity contribution >= 4 is 51.7 Å². The number of urea groups is 1. The van der Waals surface area contributed by atoms with Gasteiger partial charge in [0.1, 0.15) is 22.8 Å². The minimum atomic E-state index is -1.00. The number of hydrogen-bond donors (Lipinski definition) is 2. The van der Waals surface area contributed by atoms with E-state index in [2.05, 4.69) is 20.5 Å². The Morgan fingerprint density at radius 3 is 2.39 bits per heavy atom. The fourth-order valence-electron chi connectivity index (χ4n) is 5.81. The Balaban J connectivity index is 1.17. The standard InChI is InChI=1S/C36H35ClFN5O8/c1-47-30-19-27(31(48-2)17-24(30)37)43-35(45)23(34(44)41-36(43)46)20-40-21-7-8-29(25(38)15-21)51-28-9-10-39-26-18-33(32(49-3)16-22(26)28)50-14-6-13-42-11-4-5-12-42/h7-10,15-20,40H,4-6,11-14H2,1-3H3,(H,41,44,46)/b23-20+. The van der Waals surface area contributed by atoms with E-state index < -0.39 is 29.2 Å². The van der Waals surface area contributed by atoms with Gasteiger partial charge in [0.2, 0.25) is 0 Å². The lowest BCUT2D eigenvalue weighted by molar-refractivity contribution is -0.122. The highest BCUT2D eigenvalue weighted by atomic mass is 35.5. The number of benzene rings is 3. The largest absolute Gasteiger partial charge is 0.495 e. The van der Waals surface area contributed by atoms with Crippen molar-refractivity contribution in [1.82, 2.24) is 15.2 Å². The molecule has 2 aliphatic rings. The summed E-state index contributed by atoms with van der Waals surface area (Å²) in [7, 11) is 4.24. The van der Waals surface area contributed by atoms with Gasteiger partial charge in [0.25, 0.3) is 11.8 Å². The second-order valence-corrected chi connectivity index (χ2v) is 12.0. The topological polar surface area (TPSA) is 141 Å². The summed E-state index contributed by atoms with van der Waals surface area (Å²) in [4.78, 5) is 46.4. The van der Waals surface area contributed by atoms with Crippen LogP contribution in [0.25, 0.3) is 10.9 Å². The first kappa shape index (κ1) is 35.2. The van der Waals surface area contributed by atoms with Crippen LogP contribution in [-0.2, 0) is 9.59 Å². The minimum absolute atomic E-state index is 0.00915. The number of hydrogen-bond acceptors (Lipinski definition) is 11. The van der Waals surface area contributed by atoms with Crippen molar-refractivity contribution in [3.8, 4) is 34.5 Å². The van der Waals surface area contributed by atoms with Crippen LogP contribution in [0.15, 0.2) is 66.5 Å². The molecule has 51 heavy (non-hydrogen) atoms. The summed E-state index contributed by atoms with van der Waals surface area (Å²) in [6.07, 6.45) is 5.99. The number of barbiturate groups is 1. The first-order chi connectivity index (χ1) is 24.7. The molecule has 2 N–H and O–H groups in total. The average molecular weight is 720 g/mol. The highest BCUT2D eigenvalue weighted by Crippen LogP contribution is 2.40. The number of likely N-dealkylation sites (tertiary alicyclic amines) is 1. The average Bonchev–Trinajstić information content (AvgIpc) is 3.65. The van der Waals surface area contributed by atoms with Gasteiger partial charge >= 0.3 is 6.03 Å². The fourth-order valence-corrected chi connectivity index (χ4v) is 6.04. The Kier molecular flexibility index (Phi) is 10.7. The summed E-state index contributed by atoms with van der Waals surface area (Å²) in [6.45, 7) is 3.76. The number of carbonyl (C=O) groups is 3. The zero-order valence-electron chi connectivity index (χ0n) is 28.1. The van der Waals surface area contributed by atoms with Crippen molar-refractivity contribution < 1.29 is 42.5 Å². The third-order valence-electron chi connectivity index (χ3n) is 8.39. The zero-order chi connectivity index (χ0) is 36.1. The molecule has 2 aliphatic heterocycles. The van der Waals surface area contributed by atoms with Crippen molar-refractivity contribution in [1.29, 1.82) is 0 Å². The van der Waals surface area contributed by atoms with E-state index >= 15 is 4.39 Å². The van der Waals surface area contributed by atoms with Gasteiger partial charge < -0.3 is 33.9 Å². The van der Waals surface area contributed by atoms with E-state index in [1.807, 2.05) is 0 Å². The molecular weight excluding hydrogens is 685 g/mol. The number of nitrogens with zero attached hydrogens (tertiary/aromatic N) is 3. The van der Waals surface area contributed by atoms with E-state index in [1.165, 1.54) is 51.3 Å². The van der Waals surface area contributed by atoms with Gasteiger partial charge in [-0.1, -0.05) is 11.6 Å². The van der Waals surface area contributed by atoms with Crippen molar-refractivity contribution in [2.24, 2.45) is 0 Å². The first-order valence-corrected chi connectivity index (χ1v) is 16.5. The first-order valence-electron chi connectivity index (χ1n) is 16.1. The van der Waals surface area contributed by atoms with Gasteiger partial charge in [0.05, 0.1) is 44.2 Å². The molecule has 0 spiro atoms. The monoisotopic (exact) mass is 719 g/mol. The second kappa shape index (κ2) is 15.5. The Morgan fingerprint density at radius 1 is 0.902 bits per heavy atom. The number of carbonyl (C=O) groups excluding carboxylic acids is 3. The van der Waals surface area contributed by atoms with E-state index in [4.69, 9.17) is 35.3 Å². The molecule has 0 saturated carbocycles. The van der Waals surface area contributed by atoms with E-state index in [0.717, 1.165) is 38.3 Å². The van der Waals surface area contributed by atoms with Crippen LogP contribution in [0.5, 0.6) is 34.5 Å². The van der Waals surface area contributed by atoms with Gasteiger partial charge in [-0.2, -0.15) is 0 Å². The molecule has 13 nitrogen and oxygen atoms in total. The number of methoxy groups -OCH3 is 3. The number of imide groups is 2. The predicted molar refractivity (Wildman–Crippen MR) is 188 cm³/mol. The molecule has 3 aromatic carbocycles. The molecule has 15 heteroatoms. The summed E-state index contributed by atoms with van der Waals surface area (Å²) in [5.74, 6) is -1.11. The predicted octanol–water partition coefficient (Wildman–Crippen LogP) is 6.29. The highest BCUT2D eigenvalue weighted by molar-refractivity contribution is 6.38. The summed E-state index contributed by atoms with van der Waals surface area (Å²) in [5.41, 5.74) is 0.323. The normalized spacial score (nSPS) is 15.7. The van der Waals surface area contributed by atoms with Crippen molar-refractivity contribution in [3.63, 3.8) is 0 Å². The smallest absolute Gasteiger partial charge is 0.336 e. The molecule has 0 atom stereocenters. The number of ether oxygens (including phenoxy) is 5. The van der Waals surface area contributed by atoms with E-state index in [-0.39, 0.29) is 33.6 Å². The van der Waals surface area contributed by atoms with Gasteiger partial charge in [0, 0.05) is 54.3 Å². The molecule has 1 aromatic heterocycles. The van der Waals surface area contributed by atoms with Gasteiger partial charge in [-0.25, -0.2) is 14.1 Å². The number of amides is 4. The number of aromatic nitrogens is 1. The molecule has 0 unspecified atom stereocenters. The Hall–Kier alpha value is -5.60. The molecule has 0 aliphatic carbocycles. The maximum atomic E-state index is 15.4. The van der Waals surface area contributed by atoms with Crippen LogP contribution < -0.4 is 39.2 Å². The van der Waals surface area contributed by atoms with Crippen molar-refractivity contribution in [2.75, 3.05) is 57.8 Å². The molecule has 3 heterocycles. The Labute approximate surface area is 297 Å². The number of rotatable bonds is 13. The summed E-state index contributed by atoms with van der Waals surface area (Å²) < 4.78 is 43.5. The van der Waals surface area contributed by atoms with Gasteiger partial charge in [-0.3, -0.25) is 19.9 Å². The fraction of sp³-hybridized carbons (Fsp3) is 0.278. The Bertz CT molecular complexity index is 2020. The molecule has 4 amide bonds. The zero-order valence-corrected chi connectivity index (χ0v) is 28.8. The summed E-state index contributed by atoms with van der Waals surface area (Å²) in [6, 6.07) is 10.8. The van der Waals surface area contributed by atoms with Crippen LogP contribution in [0.2, 0.25) is 5.02 Å². The number of halogens is 2.